The quantitative estimate of drug-likeness (QED) is 0.789. The molecule has 103 valence electrons. The van der Waals surface area contributed by atoms with Crippen molar-refractivity contribution < 1.29 is 5.11 Å². The molecule has 1 aromatic rings. The highest BCUT2D eigenvalue weighted by Crippen LogP contribution is 2.36. The molecule has 2 aliphatic heterocycles. The minimum atomic E-state index is -0.234. The van der Waals surface area contributed by atoms with E-state index in [9.17, 15) is 5.11 Å². The third kappa shape index (κ3) is 2.92. The van der Waals surface area contributed by atoms with Crippen LogP contribution in [0.3, 0.4) is 0 Å². The number of aliphatic hydroxyl groups is 1. The van der Waals surface area contributed by atoms with Crippen LogP contribution in [0, 0.1) is 0 Å². The molecule has 3 atom stereocenters. The maximum absolute atomic E-state index is 10.2. The van der Waals surface area contributed by atoms with Gasteiger partial charge in [-0.15, -0.1) is 0 Å². The van der Waals surface area contributed by atoms with Crippen LogP contribution in [0.4, 0.5) is 0 Å². The van der Waals surface area contributed by atoms with Gasteiger partial charge in [-0.1, -0.05) is 29.3 Å². The smallest absolute Gasteiger partial charge is 0.148 e. The monoisotopic (exact) mass is 299 g/mol. The van der Waals surface area contributed by atoms with Crippen LogP contribution in [0.25, 0.3) is 0 Å². The first-order valence-electron chi connectivity index (χ1n) is 7.00. The normalized spacial score (nSPS) is 32.1. The third-order valence-electron chi connectivity index (χ3n) is 4.47. The topological polar surface area (TPSA) is 26.1 Å². The van der Waals surface area contributed by atoms with E-state index in [1.807, 2.05) is 12.1 Å². The van der Waals surface area contributed by atoms with Crippen LogP contribution >= 0.6 is 23.2 Å². The summed E-state index contributed by atoms with van der Waals surface area (Å²) in [6.45, 7) is 1.96. The molecule has 0 aliphatic carbocycles. The van der Waals surface area contributed by atoms with Crippen molar-refractivity contribution in [3.63, 3.8) is 0 Å². The molecule has 0 aromatic heterocycles. The molecular weight excluding hydrogens is 281 g/mol. The Bertz CT molecular complexity index is 465. The number of benzene rings is 1. The van der Waals surface area contributed by atoms with E-state index >= 15 is 0 Å². The highest BCUT2D eigenvalue weighted by molar-refractivity contribution is 6.42. The molecule has 1 aromatic carbocycles. The highest BCUT2D eigenvalue weighted by Gasteiger charge is 2.40. The summed E-state index contributed by atoms with van der Waals surface area (Å²) >= 11 is 12.1. The molecular formula is C15H19Cl2NO+. The maximum Gasteiger partial charge on any atom is 0.148 e. The molecule has 2 fully saturated rings. The minimum Gasteiger partial charge on any atom is -0.387 e. The number of fused-ring (bicyclic) bond motifs is 1. The van der Waals surface area contributed by atoms with Gasteiger partial charge in [0.15, 0.2) is 0 Å². The van der Waals surface area contributed by atoms with Gasteiger partial charge < -0.3 is 5.11 Å². The van der Waals surface area contributed by atoms with Crippen LogP contribution in [0.1, 0.15) is 37.2 Å². The van der Waals surface area contributed by atoms with Crippen molar-refractivity contribution in [2.24, 2.45) is 0 Å². The fourth-order valence-corrected chi connectivity index (χ4v) is 3.85. The summed E-state index contributed by atoms with van der Waals surface area (Å²) < 4.78 is 0. The SMILES string of the molecule is O[C@H]1C[C@@H](c2ccc(Cl)c(Cl)c2)CC2CCC[N+]2C1. The summed E-state index contributed by atoms with van der Waals surface area (Å²) in [4.78, 5) is 2.45. The second-order valence-electron chi connectivity index (χ2n) is 5.79. The average molecular weight is 300 g/mol. The molecule has 2 nitrogen and oxygen atoms in total. The lowest BCUT2D eigenvalue weighted by atomic mass is 9.88. The molecule has 2 saturated heterocycles. The summed E-state index contributed by atoms with van der Waals surface area (Å²) in [5, 5.41) is 11.4. The number of aliphatic hydroxyl groups excluding tert-OH is 1. The van der Waals surface area contributed by atoms with Gasteiger partial charge in [0.1, 0.15) is 25.2 Å². The number of hydrogen-bond donors (Lipinski definition) is 1. The fourth-order valence-electron chi connectivity index (χ4n) is 3.54. The standard InChI is InChI=1S/C15H19Cl2NO/c16-14-4-3-10(8-15(14)17)11-6-12-2-1-5-18(12)9-13(19)7-11/h3-4,8,11-13,19H,1-2,5-7,9H2/q+1/t11-,12?,13-/m0/s1. The Morgan fingerprint density at radius 2 is 2.00 bits per heavy atom. The molecule has 1 N–H and O–H groups in total. The first-order chi connectivity index (χ1) is 9.13. The van der Waals surface area contributed by atoms with E-state index < -0.39 is 0 Å². The van der Waals surface area contributed by atoms with Crippen LogP contribution < -0.4 is 4.90 Å². The number of hydrogen-bond acceptors (Lipinski definition) is 2. The Labute approximate surface area is 124 Å². The van der Waals surface area contributed by atoms with Crippen molar-refractivity contribution in [2.75, 3.05) is 13.1 Å². The highest BCUT2D eigenvalue weighted by atomic mass is 35.5. The van der Waals surface area contributed by atoms with Gasteiger partial charge >= 0.3 is 0 Å². The second-order valence-corrected chi connectivity index (χ2v) is 6.60. The van der Waals surface area contributed by atoms with Crippen molar-refractivity contribution in [1.82, 2.24) is 4.90 Å². The van der Waals surface area contributed by atoms with Crippen LogP contribution in [-0.2, 0) is 0 Å². The van der Waals surface area contributed by atoms with Gasteiger partial charge in [-0.3, -0.25) is 0 Å². The van der Waals surface area contributed by atoms with Gasteiger partial charge in [0.05, 0.1) is 10.0 Å². The average Bonchev–Trinajstić information content (AvgIpc) is 2.73. The molecule has 1 unspecified atom stereocenters. The molecule has 3 rings (SSSR count). The van der Waals surface area contributed by atoms with E-state index in [0.717, 1.165) is 25.9 Å². The van der Waals surface area contributed by atoms with E-state index in [1.54, 1.807) is 0 Å². The van der Waals surface area contributed by atoms with Crippen LogP contribution in [0.5, 0.6) is 0 Å². The molecule has 0 spiro atoms. The lowest BCUT2D eigenvalue weighted by Crippen LogP contribution is -2.38. The van der Waals surface area contributed by atoms with Crippen molar-refractivity contribution in [3.05, 3.63) is 33.8 Å². The number of halogens is 2. The van der Waals surface area contributed by atoms with Gasteiger partial charge in [0.2, 0.25) is 0 Å². The molecule has 2 aliphatic rings. The Kier molecular flexibility index (Phi) is 4.04. The summed E-state index contributed by atoms with van der Waals surface area (Å²) in [6.07, 6.45) is 4.22. The zero-order chi connectivity index (χ0) is 13.4. The number of rotatable bonds is 1. The van der Waals surface area contributed by atoms with Gasteiger partial charge in [0, 0.05) is 19.3 Å². The van der Waals surface area contributed by atoms with Crippen molar-refractivity contribution in [2.45, 2.75) is 43.7 Å². The summed E-state index contributed by atoms with van der Waals surface area (Å²) in [5.41, 5.74) is 1.21. The molecule has 0 saturated carbocycles. The van der Waals surface area contributed by atoms with E-state index in [0.29, 0.717) is 22.0 Å². The Hall–Kier alpha value is -0.280. The van der Waals surface area contributed by atoms with Gasteiger partial charge in [0.25, 0.3) is 0 Å². The molecule has 1 radical (unpaired) electrons. The molecule has 2 heterocycles. The van der Waals surface area contributed by atoms with Crippen molar-refractivity contribution in [3.8, 4) is 0 Å². The lowest BCUT2D eigenvalue weighted by Gasteiger charge is -2.17. The van der Waals surface area contributed by atoms with Gasteiger partial charge in [-0.05, 0) is 30.0 Å². The largest absolute Gasteiger partial charge is 0.387 e. The van der Waals surface area contributed by atoms with Crippen molar-refractivity contribution in [1.29, 1.82) is 0 Å². The third-order valence-corrected chi connectivity index (χ3v) is 5.21. The molecule has 0 bridgehead atoms. The van der Waals surface area contributed by atoms with Gasteiger partial charge in [-0.2, -0.15) is 4.90 Å². The van der Waals surface area contributed by atoms with E-state index in [4.69, 9.17) is 23.2 Å². The van der Waals surface area contributed by atoms with Crippen LogP contribution in [0.15, 0.2) is 18.2 Å². The first kappa shape index (κ1) is 13.7. The second kappa shape index (κ2) is 5.61. The predicted molar refractivity (Wildman–Crippen MR) is 79.3 cm³/mol. The van der Waals surface area contributed by atoms with E-state index in [2.05, 4.69) is 11.0 Å². The lowest BCUT2D eigenvalue weighted by molar-refractivity contribution is 0.145. The Balaban J connectivity index is 1.84. The zero-order valence-electron chi connectivity index (χ0n) is 10.9. The Morgan fingerprint density at radius 1 is 1.16 bits per heavy atom. The maximum atomic E-state index is 10.2. The fraction of sp³-hybridized carbons (Fsp3) is 0.600. The molecule has 19 heavy (non-hydrogen) atoms. The van der Waals surface area contributed by atoms with Crippen LogP contribution in [0.2, 0.25) is 10.0 Å². The first-order valence-corrected chi connectivity index (χ1v) is 7.76. The van der Waals surface area contributed by atoms with E-state index in [-0.39, 0.29) is 6.10 Å². The predicted octanol–water partition coefficient (Wildman–Crippen LogP) is 3.53. The minimum absolute atomic E-state index is 0.234. The molecule has 0 amide bonds. The summed E-state index contributed by atoms with van der Waals surface area (Å²) in [7, 11) is 0. The van der Waals surface area contributed by atoms with Gasteiger partial charge in [-0.25, -0.2) is 0 Å². The Morgan fingerprint density at radius 3 is 2.79 bits per heavy atom. The van der Waals surface area contributed by atoms with Crippen LogP contribution in [-0.4, -0.2) is 30.3 Å². The zero-order valence-corrected chi connectivity index (χ0v) is 12.4. The number of nitrogens with zero attached hydrogens (tertiary/aromatic N) is 1. The summed E-state index contributed by atoms with van der Waals surface area (Å²) in [6, 6.07) is 6.50. The van der Waals surface area contributed by atoms with E-state index in [1.165, 1.54) is 18.4 Å². The molecule has 4 heteroatoms. The summed E-state index contributed by atoms with van der Waals surface area (Å²) in [5.74, 6) is 0.387. The van der Waals surface area contributed by atoms with Crippen molar-refractivity contribution >= 4 is 23.2 Å².